The lowest BCUT2D eigenvalue weighted by Crippen LogP contribution is -2.14. The zero-order chi connectivity index (χ0) is 32.4. The van der Waals surface area contributed by atoms with Crippen molar-refractivity contribution in [2.75, 3.05) is 4.72 Å². The lowest BCUT2D eigenvalue weighted by molar-refractivity contribution is -0.137. The number of imidazole rings is 1. The number of nitrogens with zero attached hydrogens (tertiary/aromatic N) is 2. The monoisotopic (exact) mass is 671 g/mol. The van der Waals surface area contributed by atoms with Crippen LogP contribution in [0.4, 0.5) is 18.9 Å². The number of benzene rings is 4. The van der Waals surface area contributed by atoms with Gasteiger partial charge in [-0.05, 0) is 77.9 Å². The molecular weight excluding hydrogens is 650 g/mol. The van der Waals surface area contributed by atoms with Gasteiger partial charge in [0, 0.05) is 29.0 Å². The summed E-state index contributed by atoms with van der Waals surface area (Å²) in [4.78, 5) is 15.5. The van der Waals surface area contributed by atoms with Gasteiger partial charge in [0.05, 0.1) is 26.7 Å². The smallest absolute Gasteiger partial charge is 0.416 e. The quantitative estimate of drug-likeness (QED) is 0.163. The van der Waals surface area contributed by atoms with Crippen molar-refractivity contribution in [1.29, 1.82) is 0 Å². The molecule has 5 aromatic rings. The number of alkyl halides is 3. The second-order valence-corrected chi connectivity index (χ2v) is 12.4. The number of carboxylic acids is 1. The van der Waals surface area contributed by atoms with Crippen molar-refractivity contribution in [2.24, 2.45) is 0 Å². The molecule has 2 N–H and O–H groups in total. The molecule has 1 aromatic heterocycles. The first-order valence-corrected chi connectivity index (χ1v) is 15.4. The van der Waals surface area contributed by atoms with E-state index < -0.39 is 32.6 Å². The molecule has 0 aliphatic heterocycles. The summed E-state index contributed by atoms with van der Waals surface area (Å²) in [5.74, 6) is -0.477. The van der Waals surface area contributed by atoms with Crippen LogP contribution in [0, 0.1) is 0 Å². The lowest BCUT2D eigenvalue weighted by atomic mass is 10.1. The number of nitrogens with one attached hydrogen (secondary N) is 1. The summed E-state index contributed by atoms with van der Waals surface area (Å²) in [6.07, 6.45) is 0.637. The Labute approximate surface area is 266 Å². The predicted molar refractivity (Wildman–Crippen MR) is 168 cm³/mol. The van der Waals surface area contributed by atoms with Gasteiger partial charge in [-0.3, -0.25) is 4.72 Å². The zero-order valence-corrected chi connectivity index (χ0v) is 25.3. The van der Waals surface area contributed by atoms with E-state index in [2.05, 4.69) is 4.72 Å². The minimum Gasteiger partial charge on any atom is -0.478 e. The molecule has 1 heterocycles. The molecule has 0 saturated carbocycles. The topological polar surface area (TPSA) is 101 Å². The van der Waals surface area contributed by atoms with Crippen LogP contribution in [0.3, 0.4) is 0 Å². The van der Waals surface area contributed by atoms with Crippen molar-refractivity contribution in [2.45, 2.75) is 17.6 Å². The minimum absolute atomic E-state index is 0.163. The van der Waals surface area contributed by atoms with Crippen molar-refractivity contribution >= 4 is 57.0 Å². The highest BCUT2D eigenvalue weighted by Gasteiger charge is 2.31. The van der Waals surface area contributed by atoms with Gasteiger partial charge in [-0.25, -0.2) is 18.2 Å². The molecule has 0 fully saturated rings. The summed E-state index contributed by atoms with van der Waals surface area (Å²) < 4.78 is 68.8. The van der Waals surface area contributed by atoms with Gasteiger partial charge >= 0.3 is 12.1 Å². The molecule has 0 atom stereocenters. The fourth-order valence-corrected chi connectivity index (χ4v) is 5.96. The van der Waals surface area contributed by atoms with Crippen LogP contribution in [0.1, 0.15) is 32.9 Å². The van der Waals surface area contributed by atoms with Gasteiger partial charge in [0.1, 0.15) is 5.82 Å². The number of carbonyl (C=O) groups is 1. The maximum Gasteiger partial charge on any atom is 0.416 e. The number of rotatable bonds is 9. The normalized spacial score (nSPS) is 12.0. The summed E-state index contributed by atoms with van der Waals surface area (Å²) in [5, 5.41) is 10.1. The van der Waals surface area contributed by atoms with Crippen LogP contribution in [0.2, 0.25) is 10.0 Å². The lowest BCUT2D eigenvalue weighted by Gasteiger charge is -2.11. The molecule has 4 aromatic carbocycles. The molecule has 0 aliphatic rings. The van der Waals surface area contributed by atoms with Crippen LogP contribution >= 0.6 is 23.2 Å². The van der Waals surface area contributed by atoms with E-state index in [4.69, 9.17) is 28.2 Å². The van der Waals surface area contributed by atoms with E-state index in [1.54, 1.807) is 54.6 Å². The minimum atomic E-state index is -4.68. The van der Waals surface area contributed by atoms with Gasteiger partial charge in [-0.1, -0.05) is 59.6 Å². The van der Waals surface area contributed by atoms with Gasteiger partial charge in [-0.2, -0.15) is 13.2 Å². The molecule has 0 radical (unpaired) electrons. The van der Waals surface area contributed by atoms with Crippen molar-refractivity contribution in [1.82, 2.24) is 9.55 Å². The number of carboxylic acid groups (broad SMARTS) is 1. The molecule has 0 amide bonds. The number of aromatic carboxylic acids is 1. The third-order valence-corrected chi connectivity index (χ3v) is 8.55. The van der Waals surface area contributed by atoms with Gasteiger partial charge in [-0.15, -0.1) is 0 Å². The van der Waals surface area contributed by atoms with Crippen molar-refractivity contribution in [3.05, 3.63) is 135 Å². The Kier molecular flexibility index (Phi) is 9.06. The standard InChI is InChI=1S/C32H22Cl2F3N3O4S/c33-24-11-14-27(28(34)17-24)29-19-40(18-21-4-9-22(10-5-21)31(41)42)30(38-29)15-8-20-6-12-25(13-7-20)39-45(43,44)26-3-1-2-23(16-26)32(35,36)37/h1-17,19,39H,18H2,(H,41,42). The van der Waals surface area contributed by atoms with Crippen molar-refractivity contribution in [3.63, 3.8) is 0 Å². The molecule has 0 bridgehead atoms. The van der Waals surface area contributed by atoms with Gasteiger partial charge in [0.2, 0.25) is 0 Å². The molecule has 5 rings (SSSR count). The first-order chi connectivity index (χ1) is 21.3. The van der Waals surface area contributed by atoms with Crippen LogP contribution in [-0.2, 0) is 22.7 Å². The number of aromatic nitrogens is 2. The Morgan fingerprint density at radius 3 is 2.29 bits per heavy atom. The SMILES string of the molecule is O=C(O)c1ccc(Cn2cc(-c3ccc(Cl)cc3Cl)nc2C=Cc2ccc(NS(=O)(=O)c3cccc(C(F)(F)F)c3)cc2)cc1. The number of hydrogen-bond acceptors (Lipinski definition) is 4. The molecule has 0 saturated heterocycles. The van der Waals surface area contributed by atoms with Crippen LogP contribution in [-0.4, -0.2) is 29.0 Å². The summed E-state index contributed by atoms with van der Waals surface area (Å²) in [6, 6.07) is 21.3. The van der Waals surface area contributed by atoms with Crippen LogP contribution < -0.4 is 4.72 Å². The second kappa shape index (κ2) is 12.8. The van der Waals surface area contributed by atoms with E-state index in [0.29, 0.717) is 45.3 Å². The molecular formula is C32H22Cl2F3N3O4S. The second-order valence-electron chi connectivity index (χ2n) is 9.82. The largest absolute Gasteiger partial charge is 0.478 e. The first-order valence-electron chi connectivity index (χ1n) is 13.1. The Morgan fingerprint density at radius 1 is 0.933 bits per heavy atom. The third kappa shape index (κ3) is 7.75. The van der Waals surface area contributed by atoms with Gasteiger partial charge in [0.25, 0.3) is 10.0 Å². The van der Waals surface area contributed by atoms with Gasteiger partial charge in [0.15, 0.2) is 0 Å². The van der Waals surface area contributed by atoms with E-state index in [1.165, 1.54) is 24.3 Å². The highest BCUT2D eigenvalue weighted by Crippen LogP contribution is 2.32. The first kappa shape index (κ1) is 31.8. The van der Waals surface area contributed by atoms with Gasteiger partial charge < -0.3 is 9.67 Å². The zero-order valence-electron chi connectivity index (χ0n) is 23.0. The van der Waals surface area contributed by atoms with E-state index in [-0.39, 0.29) is 11.3 Å². The fraction of sp³-hybridized carbons (Fsp3) is 0.0625. The highest BCUT2D eigenvalue weighted by atomic mass is 35.5. The highest BCUT2D eigenvalue weighted by molar-refractivity contribution is 7.92. The van der Waals surface area contributed by atoms with Crippen molar-refractivity contribution < 1.29 is 31.5 Å². The summed E-state index contributed by atoms with van der Waals surface area (Å²) >= 11 is 12.5. The Morgan fingerprint density at radius 2 is 1.64 bits per heavy atom. The van der Waals surface area contributed by atoms with E-state index in [1.807, 2.05) is 10.8 Å². The van der Waals surface area contributed by atoms with Crippen LogP contribution in [0.25, 0.3) is 23.4 Å². The number of hydrogen-bond donors (Lipinski definition) is 2. The van der Waals surface area contributed by atoms with Crippen LogP contribution in [0.5, 0.6) is 0 Å². The summed E-state index contributed by atoms with van der Waals surface area (Å²) in [6.45, 7) is 0.369. The Hall–Kier alpha value is -4.58. The molecule has 45 heavy (non-hydrogen) atoms. The average Bonchev–Trinajstić information content (AvgIpc) is 3.38. The average molecular weight is 673 g/mol. The molecule has 230 valence electrons. The fourth-order valence-electron chi connectivity index (χ4n) is 4.35. The molecule has 0 unspecified atom stereocenters. The molecule has 13 heteroatoms. The number of sulfonamides is 1. The van der Waals surface area contributed by atoms with E-state index in [9.17, 15) is 31.5 Å². The third-order valence-electron chi connectivity index (χ3n) is 6.63. The Bertz CT molecular complexity index is 2010. The van der Waals surface area contributed by atoms with Crippen molar-refractivity contribution in [3.8, 4) is 11.3 Å². The number of anilines is 1. The molecule has 7 nitrogen and oxygen atoms in total. The Balaban J connectivity index is 1.39. The molecule has 0 aliphatic carbocycles. The van der Waals surface area contributed by atoms with E-state index in [0.717, 1.165) is 23.8 Å². The van der Waals surface area contributed by atoms with Crippen LogP contribution in [0.15, 0.2) is 102 Å². The molecule has 0 spiro atoms. The maximum atomic E-state index is 13.1. The predicted octanol–water partition coefficient (Wildman–Crippen LogP) is 8.59. The maximum absolute atomic E-state index is 13.1. The summed E-state index contributed by atoms with van der Waals surface area (Å²) in [5.41, 5.74) is 2.02. The van der Waals surface area contributed by atoms with E-state index >= 15 is 0 Å². The number of halogens is 5. The summed E-state index contributed by atoms with van der Waals surface area (Å²) in [7, 11) is -4.27.